The molecule has 4 aliphatic carbocycles. The summed E-state index contributed by atoms with van der Waals surface area (Å²) in [6, 6.07) is 0. The molecule has 4 rings (SSSR count). The van der Waals surface area contributed by atoms with Gasteiger partial charge in [-0.05, 0) is 88.3 Å². The van der Waals surface area contributed by atoms with Crippen LogP contribution < -0.4 is 0 Å². The molecule has 0 aliphatic heterocycles. The molecule has 3 saturated carbocycles. The van der Waals surface area contributed by atoms with E-state index in [1.807, 2.05) is 0 Å². The van der Waals surface area contributed by atoms with Crippen molar-refractivity contribution >= 4 is 11.5 Å². The lowest BCUT2D eigenvalue weighted by atomic mass is 9.47. The second kappa shape index (κ2) is 7.02. The molecular weight excluding hydrogens is 336 g/mol. The lowest BCUT2D eigenvalue weighted by molar-refractivity contribution is -0.132. The van der Waals surface area contributed by atoms with Gasteiger partial charge in [0, 0.05) is 18.4 Å². The molecule has 5 atom stereocenters. The SMILES string of the molecule is CN(C)CCON=C1C=C2CCC3C(CC[C@]4(C)C(=O)CCC34)[C@@]2(C)CC1. The summed E-state index contributed by atoms with van der Waals surface area (Å²) in [5.41, 5.74) is 3.01. The lowest BCUT2D eigenvalue weighted by Gasteiger charge is -2.57. The smallest absolute Gasteiger partial charge is 0.139 e. The minimum Gasteiger partial charge on any atom is -0.394 e. The van der Waals surface area contributed by atoms with Crippen LogP contribution in [0.15, 0.2) is 16.8 Å². The largest absolute Gasteiger partial charge is 0.394 e. The van der Waals surface area contributed by atoms with Crippen molar-refractivity contribution in [1.29, 1.82) is 0 Å². The standard InChI is InChI=1S/C23H36N2O2/c1-22-11-9-17(24-27-14-13-25(3)4)15-16(22)5-6-18-19-7-8-21(26)23(19,2)12-10-20(18)22/h15,18-20H,5-14H2,1-4H3/t18?,19?,20?,22-,23-/m0/s1. The number of ketones is 1. The quantitative estimate of drug-likeness (QED) is 0.541. The van der Waals surface area contributed by atoms with Gasteiger partial charge in [0.1, 0.15) is 12.4 Å². The number of allylic oxidation sites excluding steroid dienone is 2. The molecule has 0 amide bonds. The number of Topliss-reactive ketones (excluding diaryl/α,β-unsaturated/α-hetero) is 1. The second-order valence-electron chi connectivity index (χ2n) is 10.1. The van der Waals surface area contributed by atoms with E-state index in [9.17, 15) is 4.79 Å². The Labute approximate surface area is 164 Å². The Morgan fingerprint density at radius 3 is 2.63 bits per heavy atom. The maximum absolute atomic E-state index is 12.5. The molecule has 27 heavy (non-hydrogen) atoms. The Kier molecular flexibility index (Phi) is 4.99. The number of carbonyl (C=O) groups excluding carboxylic acids is 1. The maximum atomic E-state index is 12.5. The fraction of sp³-hybridized carbons (Fsp3) is 0.826. The van der Waals surface area contributed by atoms with Crippen LogP contribution in [0.25, 0.3) is 0 Å². The highest BCUT2D eigenvalue weighted by Crippen LogP contribution is 2.64. The molecule has 0 bridgehead atoms. The summed E-state index contributed by atoms with van der Waals surface area (Å²) in [7, 11) is 4.10. The third kappa shape index (κ3) is 3.18. The number of nitrogens with zero attached hydrogens (tertiary/aromatic N) is 2. The van der Waals surface area contributed by atoms with Gasteiger partial charge in [-0.25, -0.2) is 0 Å². The average molecular weight is 373 g/mol. The Morgan fingerprint density at radius 1 is 1.07 bits per heavy atom. The summed E-state index contributed by atoms with van der Waals surface area (Å²) in [5.74, 6) is 2.67. The second-order valence-corrected chi connectivity index (χ2v) is 10.1. The Bertz CT molecular complexity index is 667. The van der Waals surface area contributed by atoms with Crippen LogP contribution in [0.2, 0.25) is 0 Å². The van der Waals surface area contributed by atoms with Gasteiger partial charge in [0.05, 0.1) is 5.71 Å². The number of carbonyl (C=O) groups is 1. The summed E-state index contributed by atoms with van der Waals surface area (Å²) in [4.78, 5) is 20.2. The van der Waals surface area contributed by atoms with Gasteiger partial charge in [-0.2, -0.15) is 0 Å². The number of oxime groups is 1. The van der Waals surface area contributed by atoms with E-state index < -0.39 is 0 Å². The van der Waals surface area contributed by atoms with Crippen molar-refractivity contribution in [3.05, 3.63) is 11.6 Å². The van der Waals surface area contributed by atoms with Crippen molar-refractivity contribution in [3.8, 4) is 0 Å². The Hall–Kier alpha value is -1.16. The van der Waals surface area contributed by atoms with Gasteiger partial charge in [0.25, 0.3) is 0 Å². The Balaban J connectivity index is 1.50. The molecule has 150 valence electrons. The fourth-order valence-corrected chi connectivity index (χ4v) is 6.77. The predicted octanol–water partition coefficient (Wildman–Crippen LogP) is 4.45. The average Bonchev–Trinajstić information content (AvgIpc) is 2.94. The van der Waals surface area contributed by atoms with E-state index in [0.717, 1.165) is 49.8 Å². The maximum Gasteiger partial charge on any atom is 0.139 e. The number of fused-ring (bicyclic) bond motifs is 5. The first-order chi connectivity index (χ1) is 12.8. The van der Waals surface area contributed by atoms with Gasteiger partial charge in [-0.15, -0.1) is 0 Å². The molecule has 4 nitrogen and oxygen atoms in total. The molecule has 4 aliphatic rings. The predicted molar refractivity (Wildman–Crippen MR) is 109 cm³/mol. The van der Waals surface area contributed by atoms with E-state index in [2.05, 4.69) is 44.1 Å². The van der Waals surface area contributed by atoms with Crippen molar-refractivity contribution < 1.29 is 9.63 Å². The third-order valence-electron chi connectivity index (χ3n) is 8.50. The highest BCUT2D eigenvalue weighted by atomic mass is 16.6. The molecule has 3 fully saturated rings. The molecule has 0 aromatic rings. The number of hydrogen-bond acceptors (Lipinski definition) is 4. The zero-order valence-corrected chi connectivity index (χ0v) is 17.6. The molecular formula is C23H36N2O2. The summed E-state index contributed by atoms with van der Waals surface area (Å²) in [6.45, 7) is 6.32. The van der Waals surface area contributed by atoms with Crippen LogP contribution in [0.3, 0.4) is 0 Å². The Morgan fingerprint density at radius 2 is 1.85 bits per heavy atom. The topological polar surface area (TPSA) is 41.9 Å². The van der Waals surface area contributed by atoms with Crippen LogP contribution in [0.4, 0.5) is 0 Å². The molecule has 0 N–H and O–H groups in total. The molecule has 4 heteroatoms. The van der Waals surface area contributed by atoms with Crippen LogP contribution in [-0.4, -0.2) is 43.6 Å². The summed E-state index contributed by atoms with van der Waals surface area (Å²) >= 11 is 0. The van der Waals surface area contributed by atoms with E-state index in [4.69, 9.17) is 4.84 Å². The van der Waals surface area contributed by atoms with Crippen molar-refractivity contribution in [1.82, 2.24) is 4.90 Å². The molecule has 3 unspecified atom stereocenters. The van der Waals surface area contributed by atoms with Gasteiger partial charge >= 0.3 is 0 Å². The number of rotatable bonds is 4. The minimum absolute atomic E-state index is 0.0136. The third-order valence-corrected chi connectivity index (χ3v) is 8.50. The zero-order chi connectivity index (χ0) is 19.2. The molecule has 0 aromatic heterocycles. The molecule has 0 radical (unpaired) electrons. The van der Waals surface area contributed by atoms with Crippen LogP contribution in [-0.2, 0) is 9.63 Å². The number of hydrogen-bond donors (Lipinski definition) is 0. The van der Waals surface area contributed by atoms with Crippen molar-refractivity contribution in [2.75, 3.05) is 27.2 Å². The van der Waals surface area contributed by atoms with Gasteiger partial charge in [0.2, 0.25) is 0 Å². The van der Waals surface area contributed by atoms with E-state index in [0.29, 0.717) is 23.7 Å². The lowest BCUT2D eigenvalue weighted by Crippen LogP contribution is -2.50. The molecule has 0 aromatic carbocycles. The van der Waals surface area contributed by atoms with E-state index in [1.54, 1.807) is 5.57 Å². The van der Waals surface area contributed by atoms with E-state index >= 15 is 0 Å². The van der Waals surface area contributed by atoms with E-state index in [-0.39, 0.29) is 5.41 Å². The first-order valence-corrected chi connectivity index (χ1v) is 10.9. The molecule has 0 heterocycles. The summed E-state index contributed by atoms with van der Waals surface area (Å²) in [5, 5.41) is 4.42. The van der Waals surface area contributed by atoms with E-state index in [1.165, 1.54) is 25.7 Å². The van der Waals surface area contributed by atoms with Crippen LogP contribution >= 0.6 is 0 Å². The molecule has 0 spiro atoms. The summed E-state index contributed by atoms with van der Waals surface area (Å²) in [6.07, 6.45) is 11.3. The first kappa shape index (κ1) is 19.2. The van der Waals surface area contributed by atoms with Gasteiger partial charge < -0.3 is 9.74 Å². The van der Waals surface area contributed by atoms with Crippen molar-refractivity contribution in [3.63, 3.8) is 0 Å². The normalized spacial score (nSPS) is 42.6. The minimum atomic E-state index is -0.0136. The van der Waals surface area contributed by atoms with Gasteiger partial charge in [0.15, 0.2) is 0 Å². The summed E-state index contributed by atoms with van der Waals surface area (Å²) < 4.78 is 0. The zero-order valence-electron chi connectivity index (χ0n) is 17.6. The van der Waals surface area contributed by atoms with Crippen molar-refractivity contribution in [2.24, 2.45) is 33.7 Å². The highest BCUT2D eigenvalue weighted by molar-refractivity contribution is 5.96. The van der Waals surface area contributed by atoms with Crippen LogP contribution in [0, 0.1) is 28.6 Å². The first-order valence-electron chi connectivity index (χ1n) is 10.9. The van der Waals surface area contributed by atoms with Gasteiger partial charge in [-0.1, -0.05) is 24.6 Å². The highest BCUT2D eigenvalue weighted by Gasteiger charge is 2.58. The monoisotopic (exact) mass is 372 g/mol. The van der Waals surface area contributed by atoms with Crippen molar-refractivity contribution in [2.45, 2.75) is 65.2 Å². The fourth-order valence-electron chi connectivity index (χ4n) is 6.77. The van der Waals surface area contributed by atoms with Crippen LogP contribution in [0.5, 0.6) is 0 Å². The molecule has 0 saturated heterocycles. The van der Waals surface area contributed by atoms with Gasteiger partial charge in [-0.3, -0.25) is 4.79 Å². The van der Waals surface area contributed by atoms with Crippen LogP contribution in [0.1, 0.15) is 65.2 Å². The number of likely N-dealkylation sites (N-methyl/N-ethyl adjacent to an activating group) is 1.